The van der Waals surface area contributed by atoms with E-state index in [0.29, 0.717) is 34.1 Å². The van der Waals surface area contributed by atoms with Crippen molar-refractivity contribution in [1.82, 2.24) is 53.2 Å². The zero-order valence-electron chi connectivity index (χ0n) is 52.1. The van der Waals surface area contributed by atoms with Crippen LogP contribution in [0.5, 0.6) is 11.5 Å². The van der Waals surface area contributed by atoms with Crippen molar-refractivity contribution < 1.29 is 67.7 Å². The highest BCUT2D eigenvalue weighted by atomic mass is 16.3. The van der Waals surface area contributed by atoms with Crippen LogP contribution >= 0.6 is 0 Å². The van der Waals surface area contributed by atoms with Crippen molar-refractivity contribution in [3.8, 4) is 11.5 Å². The van der Waals surface area contributed by atoms with Crippen LogP contribution in [0.1, 0.15) is 60.4 Å². The van der Waals surface area contributed by atoms with E-state index in [1.54, 1.807) is 103 Å². The molecular formula is C65H82N16O14. The predicted octanol–water partition coefficient (Wildman–Crippen LogP) is -3.51. The number of carbonyl (C=O) groups excluding carboxylic acids is 12. The summed E-state index contributed by atoms with van der Waals surface area (Å²) >= 11 is 0. The molecule has 30 nitrogen and oxygen atoms in total. The molecule has 10 atom stereocenters. The Hall–Kier alpha value is -11.3. The molecule has 0 unspecified atom stereocenters. The SMILES string of the molecule is C[C@H](NC(=O)[C@H](CC(N)=O)NC(=O)[C@H](Cc1ccccc1)NC(=O)[C@H](Cc1ccccc1)NC(=O)[C@H](CCCNC(=N)N)NC(=O)C[C@@H](C=O)NC(=O)[C@@H](N)Cc1ccc(O)cc1)C(=O)N[C@@H](Cc1ccccc1)C(=O)N[C@@H](CN)C(=O)N[C@@H](Cc1ccc(O)cc1)C(N)=O. The van der Waals surface area contributed by atoms with Gasteiger partial charge < -0.3 is 96.8 Å². The lowest BCUT2D eigenvalue weighted by molar-refractivity contribution is -0.136. The van der Waals surface area contributed by atoms with Gasteiger partial charge in [-0.1, -0.05) is 115 Å². The number of hydrogen-bond acceptors (Lipinski definition) is 17. The summed E-state index contributed by atoms with van der Waals surface area (Å²) in [5, 5.41) is 52.2. The van der Waals surface area contributed by atoms with Crippen LogP contribution in [0.3, 0.4) is 0 Å². The number of rotatable bonds is 38. The topological polar surface area (TPSA) is 520 Å². The van der Waals surface area contributed by atoms with E-state index >= 15 is 0 Å². The third-order valence-electron chi connectivity index (χ3n) is 14.7. The molecule has 5 aromatic carbocycles. The quantitative estimate of drug-likeness (QED) is 0.00789. The molecule has 0 radical (unpaired) electrons. The maximum Gasteiger partial charge on any atom is 0.244 e. The molecule has 23 N–H and O–H groups in total. The fraction of sp³-hybridized carbons (Fsp3) is 0.338. The molecule has 5 aromatic rings. The van der Waals surface area contributed by atoms with Gasteiger partial charge in [0.15, 0.2) is 5.96 Å². The first-order valence-corrected chi connectivity index (χ1v) is 30.3. The normalized spacial score (nSPS) is 14.0. The summed E-state index contributed by atoms with van der Waals surface area (Å²) in [7, 11) is 0. The number of primary amides is 2. The Morgan fingerprint density at radius 3 is 1.25 bits per heavy atom. The minimum atomic E-state index is -1.80. The van der Waals surface area contributed by atoms with Crippen LogP contribution in [0.15, 0.2) is 140 Å². The lowest BCUT2D eigenvalue weighted by atomic mass is 10.0. The van der Waals surface area contributed by atoms with Crippen molar-refractivity contribution >= 4 is 77.2 Å². The molecule has 0 saturated heterocycles. The Morgan fingerprint density at radius 1 is 0.442 bits per heavy atom. The van der Waals surface area contributed by atoms with Crippen LogP contribution in [0.25, 0.3) is 0 Å². The maximum absolute atomic E-state index is 14.7. The highest BCUT2D eigenvalue weighted by Crippen LogP contribution is 2.15. The first-order chi connectivity index (χ1) is 45.3. The molecule has 0 aliphatic heterocycles. The van der Waals surface area contributed by atoms with Crippen LogP contribution in [-0.2, 0) is 89.6 Å². The van der Waals surface area contributed by atoms with Crippen LogP contribution in [0, 0.1) is 5.41 Å². The van der Waals surface area contributed by atoms with Gasteiger partial charge in [-0.3, -0.25) is 58.1 Å². The van der Waals surface area contributed by atoms with E-state index in [-0.39, 0.29) is 68.9 Å². The number of phenolic OH excluding ortho intramolecular Hbond substituents is 2. The molecule has 0 fully saturated rings. The maximum atomic E-state index is 14.7. The standard InChI is InChI=1S/C65H82N16O14/c1-37(57(88)77-49(30-38-12-5-2-6-13-38)63(94)81-53(35-66)64(95)76-48(56(69)87)29-42-21-25-45(84)26-22-42)73-60(91)52(34-54(68)85)80-62(93)51(32-40-16-9-4-10-17-40)79-61(92)50(31-39-14-7-3-8-15-39)78-59(90)47(18-11-27-72-65(70)71)75-55(86)33-43(36-82)74-58(89)46(67)28-41-19-23-44(83)24-20-41/h2-10,12-17,19-26,36-37,43,46-53,83-84H,11,18,27-35,66-67H2,1H3,(H2,68,85)(H2,69,87)(H,73,91)(H,74,89)(H,75,86)(H,76,95)(H,77,88)(H,78,90)(H,79,92)(H,80,93)(H,81,94)(H4,70,71,72)/t37-,43-,46-,47-,48-,49-,50-,51-,52-,53-/m0/s1. The van der Waals surface area contributed by atoms with Gasteiger partial charge in [-0.05, 0) is 78.3 Å². The minimum Gasteiger partial charge on any atom is -0.508 e. The lowest BCUT2D eigenvalue weighted by Gasteiger charge is -2.27. The molecule has 95 heavy (non-hydrogen) atoms. The molecular weight excluding hydrogens is 1230 g/mol. The van der Waals surface area contributed by atoms with E-state index in [1.165, 1.54) is 43.3 Å². The van der Waals surface area contributed by atoms with Crippen molar-refractivity contribution in [3.05, 3.63) is 167 Å². The Balaban J connectivity index is 1.33. The van der Waals surface area contributed by atoms with Crippen molar-refractivity contribution in [2.24, 2.45) is 28.7 Å². The number of phenols is 2. The number of hydrogen-bond donors (Lipinski definition) is 18. The van der Waals surface area contributed by atoms with Crippen LogP contribution < -0.4 is 81.8 Å². The van der Waals surface area contributed by atoms with Crippen LogP contribution in [0.2, 0.25) is 0 Å². The third kappa shape index (κ3) is 26.1. The molecule has 30 heteroatoms. The Kier molecular flexibility index (Phi) is 29.7. The number of nitrogens with one attached hydrogen (secondary N) is 11. The molecule has 0 aliphatic carbocycles. The van der Waals surface area contributed by atoms with Gasteiger partial charge in [0.1, 0.15) is 66.1 Å². The molecule has 0 aromatic heterocycles. The third-order valence-corrected chi connectivity index (χ3v) is 14.7. The van der Waals surface area contributed by atoms with Crippen molar-refractivity contribution in [1.29, 1.82) is 5.41 Å². The average molecular weight is 1310 g/mol. The zero-order valence-corrected chi connectivity index (χ0v) is 52.1. The minimum absolute atomic E-state index is 0.00368. The molecule has 0 aliphatic rings. The van der Waals surface area contributed by atoms with Crippen LogP contribution in [-0.4, -0.2) is 161 Å². The number of aromatic hydroxyl groups is 2. The summed E-state index contributed by atoms with van der Waals surface area (Å²) in [4.78, 5) is 163. The van der Waals surface area contributed by atoms with E-state index in [4.69, 9.17) is 34.1 Å². The summed E-state index contributed by atoms with van der Waals surface area (Å²) in [5.41, 5.74) is 31.4. The Labute approximate surface area is 547 Å². The van der Waals surface area contributed by atoms with Gasteiger partial charge in [-0.15, -0.1) is 0 Å². The van der Waals surface area contributed by atoms with Gasteiger partial charge in [0, 0.05) is 38.8 Å². The number of guanidine groups is 1. The van der Waals surface area contributed by atoms with E-state index in [0.717, 1.165) is 0 Å². The lowest BCUT2D eigenvalue weighted by Crippen LogP contribution is -2.61. The van der Waals surface area contributed by atoms with E-state index in [9.17, 15) is 67.7 Å². The number of aldehydes is 1. The van der Waals surface area contributed by atoms with Crippen molar-refractivity contribution in [2.75, 3.05) is 13.1 Å². The molecule has 506 valence electrons. The molecule has 0 saturated carbocycles. The van der Waals surface area contributed by atoms with Crippen LogP contribution in [0.4, 0.5) is 0 Å². The Morgan fingerprint density at radius 2 is 0.821 bits per heavy atom. The monoisotopic (exact) mass is 1310 g/mol. The van der Waals surface area contributed by atoms with E-state index < -0.39 is 145 Å². The summed E-state index contributed by atoms with van der Waals surface area (Å²) < 4.78 is 0. The summed E-state index contributed by atoms with van der Waals surface area (Å²) in [6, 6.07) is 22.3. The van der Waals surface area contributed by atoms with Crippen molar-refractivity contribution in [3.63, 3.8) is 0 Å². The second-order valence-corrected chi connectivity index (χ2v) is 22.4. The molecule has 0 spiro atoms. The van der Waals surface area contributed by atoms with Gasteiger partial charge >= 0.3 is 0 Å². The molecule has 11 amide bonds. The van der Waals surface area contributed by atoms with Gasteiger partial charge in [-0.25, -0.2) is 0 Å². The summed E-state index contributed by atoms with van der Waals surface area (Å²) in [6.07, 6.45) is -1.82. The Bertz CT molecular complexity index is 3440. The van der Waals surface area contributed by atoms with Gasteiger partial charge in [0.25, 0.3) is 0 Å². The van der Waals surface area contributed by atoms with E-state index in [2.05, 4.69) is 53.2 Å². The van der Waals surface area contributed by atoms with Gasteiger partial charge in [0.05, 0.1) is 24.9 Å². The molecule has 5 rings (SSSR count). The predicted molar refractivity (Wildman–Crippen MR) is 347 cm³/mol. The highest BCUT2D eigenvalue weighted by molar-refractivity contribution is 5.99. The summed E-state index contributed by atoms with van der Waals surface area (Å²) in [5.74, 6) is -10.8. The average Bonchev–Trinajstić information content (AvgIpc) is 1.01. The number of nitrogens with two attached hydrogens (primary N) is 5. The van der Waals surface area contributed by atoms with Crippen molar-refractivity contribution in [2.45, 2.75) is 125 Å². The fourth-order valence-electron chi connectivity index (χ4n) is 9.60. The second-order valence-electron chi connectivity index (χ2n) is 22.4. The first-order valence-electron chi connectivity index (χ1n) is 30.3. The number of carbonyl (C=O) groups is 12. The first kappa shape index (κ1) is 74.5. The second kappa shape index (κ2) is 37.9. The van der Waals surface area contributed by atoms with E-state index in [1.807, 2.05) is 0 Å². The molecule has 0 heterocycles. The molecule has 0 bridgehead atoms. The highest BCUT2D eigenvalue weighted by Gasteiger charge is 2.35. The number of benzene rings is 5. The van der Waals surface area contributed by atoms with Gasteiger partial charge in [-0.2, -0.15) is 0 Å². The largest absolute Gasteiger partial charge is 0.508 e. The zero-order chi connectivity index (χ0) is 69.6. The number of amides is 11. The fourth-order valence-corrected chi connectivity index (χ4v) is 9.60. The van der Waals surface area contributed by atoms with Gasteiger partial charge in [0.2, 0.25) is 65.0 Å². The smallest absolute Gasteiger partial charge is 0.244 e. The summed E-state index contributed by atoms with van der Waals surface area (Å²) in [6.45, 7) is 0.828.